The van der Waals surface area contributed by atoms with Crippen LogP contribution in [0.5, 0.6) is 5.75 Å². The molecule has 0 bridgehead atoms. The van der Waals surface area contributed by atoms with E-state index < -0.39 is 17.7 Å². The van der Waals surface area contributed by atoms with E-state index in [-0.39, 0.29) is 23.5 Å². The molecule has 0 aromatic heterocycles. The zero-order valence-electron chi connectivity index (χ0n) is 12.9. The van der Waals surface area contributed by atoms with Crippen LogP contribution in [0, 0.1) is 0 Å². The number of aromatic hydroxyl groups is 1. The third-order valence-electron chi connectivity index (χ3n) is 3.74. The molecule has 0 aliphatic rings. The topological polar surface area (TPSA) is 46.5 Å². The number of fused-ring (bicyclic) bond motifs is 1. The van der Waals surface area contributed by atoms with Gasteiger partial charge < -0.3 is 9.84 Å². The van der Waals surface area contributed by atoms with Crippen molar-refractivity contribution in [2.24, 2.45) is 0 Å². The van der Waals surface area contributed by atoms with Crippen LogP contribution in [0.15, 0.2) is 60.7 Å². The predicted octanol–water partition coefficient (Wildman–Crippen LogP) is 4.92. The van der Waals surface area contributed by atoms with Gasteiger partial charge in [-0.3, -0.25) is 0 Å². The summed E-state index contributed by atoms with van der Waals surface area (Å²) in [6, 6.07) is 14.5. The molecule has 0 spiro atoms. The molecule has 3 aromatic rings. The van der Waals surface area contributed by atoms with Crippen LogP contribution in [0.1, 0.15) is 21.5 Å². The highest BCUT2D eigenvalue weighted by Crippen LogP contribution is 2.30. The molecule has 3 rings (SSSR count). The monoisotopic (exact) mass is 346 g/mol. The van der Waals surface area contributed by atoms with Crippen LogP contribution in [-0.4, -0.2) is 11.1 Å². The maximum Gasteiger partial charge on any atom is 0.416 e. The van der Waals surface area contributed by atoms with Crippen molar-refractivity contribution in [3.63, 3.8) is 0 Å². The minimum Gasteiger partial charge on any atom is -0.507 e. The predicted molar refractivity (Wildman–Crippen MR) is 86.2 cm³/mol. The van der Waals surface area contributed by atoms with Crippen molar-refractivity contribution in [2.75, 3.05) is 0 Å². The second-order valence-electron chi connectivity index (χ2n) is 5.46. The molecule has 3 aromatic carbocycles. The number of halogens is 3. The van der Waals surface area contributed by atoms with Gasteiger partial charge in [-0.05, 0) is 34.5 Å². The number of rotatable bonds is 3. The number of carbonyl (C=O) groups is 1. The Balaban J connectivity index is 1.84. The van der Waals surface area contributed by atoms with Gasteiger partial charge in [-0.1, -0.05) is 42.5 Å². The molecule has 128 valence electrons. The van der Waals surface area contributed by atoms with Crippen LogP contribution in [0.25, 0.3) is 10.8 Å². The number of hydrogen-bond donors (Lipinski definition) is 1. The lowest BCUT2D eigenvalue weighted by Crippen LogP contribution is -2.08. The third kappa shape index (κ3) is 3.57. The van der Waals surface area contributed by atoms with Crippen LogP contribution in [0.4, 0.5) is 13.2 Å². The van der Waals surface area contributed by atoms with Gasteiger partial charge in [0.05, 0.1) is 5.56 Å². The summed E-state index contributed by atoms with van der Waals surface area (Å²) in [5, 5.41) is 11.2. The van der Waals surface area contributed by atoms with Gasteiger partial charge in [0.25, 0.3) is 0 Å². The van der Waals surface area contributed by atoms with Crippen molar-refractivity contribution < 1.29 is 27.8 Å². The van der Waals surface area contributed by atoms with E-state index in [1.54, 1.807) is 30.3 Å². The minimum atomic E-state index is -4.46. The summed E-state index contributed by atoms with van der Waals surface area (Å²) in [6.07, 6.45) is -4.46. The Morgan fingerprint density at radius 3 is 2.52 bits per heavy atom. The average molecular weight is 346 g/mol. The standard InChI is InChI=1S/C19H13F3O3/c20-19(21,22)14-6-3-4-12(10-14)11-25-18(24)17-15-7-2-1-5-13(15)8-9-16(17)23/h1-10,23H,11H2. The second kappa shape index (κ2) is 6.47. The zero-order valence-corrected chi connectivity index (χ0v) is 12.9. The number of carbonyl (C=O) groups excluding carboxylic acids is 1. The molecule has 0 fully saturated rings. The van der Waals surface area contributed by atoms with E-state index in [1.165, 1.54) is 18.2 Å². The Labute approximate surface area is 141 Å². The van der Waals surface area contributed by atoms with Gasteiger partial charge in [0.1, 0.15) is 17.9 Å². The number of alkyl halides is 3. The van der Waals surface area contributed by atoms with E-state index in [4.69, 9.17) is 4.74 Å². The Kier molecular flexibility index (Phi) is 4.35. The minimum absolute atomic E-state index is 0.00919. The fourth-order valence-electron chi connectivity index (χ4n) is 2.53. The molecular weight excluding hydrogens is 333 g/mol. The maximum absolute atomic E-state index is 12.7. The first-order valence-corrected chi connectivity index (χ1v) is 7.40. The SMILES string of the molecule is O=C(OCc1cccc(C(F)(F)F)c1)c1c(O)ccc2ccccc12. The van der Waals surface area contributed by atoms with Crippen molar-refractivity contribution in [1.82, 2.24) is 0 Å². The molecule has 0 unspecified atom stereocenters. The van der Waals surface area contributed by atoms with E-state index >= 15 is 0 Å². The maximum atomic E-state index is 12.7. The molecular formula is C19H13F3O3. The molecule has 0 aliphatic heterocycles. The van der Waals surface area contributed by atoms with E-state index in [2.05, 4.69) is 0 Å². The van der Waals surface area contributed by atoms with E-state index in [0.29, 0.717) is 5.39 Å². The van der Waals surface area contributed by atoms with Gasteiger partial charge in [0, 0.05) is 0 Å². The molecule has 25 heavy (non-hydrogen) atoms. The van der Waals surface area contributed by atoms with E-state index in [1.807, 2.05) is 0 Å². The van der Waals surface area contributed by atoms with Gasteiger partial charge in [0.2, 0.25) is 0 Å². The van der Waals surface area contributed by atoms with Gasteiger partial charge in [-0.2, -0.15) is 13.2 Å². The Hall–Kier alpha value is -3.02. The summed E-state index contributed by atoms with van der Waals surface area (Å²) in [5.41, 5.74) is -0.609. The van der Waals surface area contributed by atoms with Crippen molar-refractivity contribution in [3.8, 4) is 5.75 Å². The van der Waals surface area contributed by atoms with Gasteiger partial charge in [-0.15, -0.1) is 0 Å². The first kappa shape index (κ1) is 16.8. The van der Waals surface area contributed by atoms with Gasteiger partial charge in [-0.25, -0.2) is 4.79 Å². The summed E-state index contributed by atoms with van der Waals surface area (Å²) < 4.78 is 43.3. The number of esters is 1. The van der Waals surface area contributed by atoms with Crippen LogP contribution < -0.4 is 0 Å². The summed E-state index contributed by atoms with van der Waals surface area (Å²) in [5.74, 6) is -1.04. The summed E-state index contributed by atoms with van der Waals surface area (Å²) >= 11 is 0. The molecule has 3 nitrogen and oxygen atoms in total. The summed E-state index contributed by atoms with van der Waals surface area (Å²) in [6.45, 7) is -0.328. The molecule has 6 heteroatoms. The fraction of sp³-hybridized carbons (Fsp3) is 0.105. The normalized spacial score (nSPS) is 11.5. The highest BCUT2D eigenvalue weighted by molar-refractivity contribution is 6.06. The molecule has 0 saturated heterocycles. The Morgan fingerprint density at radius 2 is 1.76 bits per heavy atom. The lowest BCUT2D eigenvalue weighted by atomic mass is 10.0. The first-order valence-electron chi connectivity index (χ1n) is 7.40. The highest BCUT2D eigenvalue weighted by Gasteiger charge is 2.30. The molecule has 0 heterocycles. The largest absolute Gasteiger partial charge is 0.507 e. The Morgan fingerprint density at radius 1 is 1.00 bits per heavy atom. The second-order valence-corrected chi connectivity index (χ2v) is 5.46. The molecule has 0 saturated carbocycles. The number of phenolic OH excluding ortho intramolecular Hbond substituents is 1. The number of benzene rings is 3. The molecule has 0 aliphatic carbocycles. The van der Waals surface area contributed by atoms with Crippen LogP contribution in [0.3, 0.4) is 0 Å². The molecule has 0 amide bonds. The van der Waals surface area contributed by atoms with Gasteiger partial charge in [0.15, 0.2) is 0 Å². The molecule has 1 N–H and O–H groups in total. The number of hydrogen-bond acceptors (Lipinski definition) is 3. The third-order valence-corrected chi connectivity index (χ3v) is 3.74. The summed E-state index contributed by atoms with van der Waals surface area (Å²) in [4.78, 5) is 12.3. The quantitative estimate of drug-likeness (QED) is 0.685. The van der Waals surface area contributed by atoms with E-state index in [0.717, 1.165) is 17.5 Å². The Bertz CT molecular complexity index is 933. The molecule has 0 radical (unpaired) electrons. The van der Waals surface area contributed by atoms with Crippen LogP contribution >= 0.6 is 0 Å². The first-order chi connectivity index (χ1) is 11.9. The lowest BCUT2D eigenvalue weighted by Gasteiger charge is -2.11. The van der Waals surface area contributed by atoms with Crippen molar-refractivity contribution in [3.05, 3.63) is 77.4 Å². The number of phenols is 1. The van der Waals surface area contributed by atoms with Gasteiger partial charge >= 0.3 is 12.1 Å². The fourth-order valence-corrected chi connectivity index (χ4v) is 2.53. The molecule has 0 atom stereocenters. The smallest absolute Gasteiger partial charge is 0.416 e. The van der Waals surface area contributed by atoms with Crippen molar-refractivity contribution >= 4 is 16.7 Å². The highest BCUT2D eigenvalue weighted by atomic mass is 19.4. The van der Waals surface area contributed by atoms with E-state index in [9.17, 15) is 23.1 Å². The van der Waals surface area contributed by atoms with Crippen molar-refractivity contribution in [2.45, 2.75) is 12.8 Å². The van der Waals surface area contributed by atoms with Crippen molar-refractivity contribution in [1.29, 1.82) is 0 Å². The number of ether oxygens (including phenoxy) is 1. The van der Waals surface area contributed by atoms with Crippen LogP contribution in [0.2, 0.25) is 0 Å². The summed E-state index contributed by atoms with van der Waals surface area (Å²) in [7, 11) is 0. The average Bonchev–Trinajstić information content (AvgIpc) is 2.59. The van der Waals surface area contributed by atoms with Crippen LogP contribution in [-0.2, 0) is 17.5 Å². The zero-order chi connectivity index (χ0) is 18.0. The lowest BCUT2D eigenvalue weighted by molar-refractivity contribution is -0.137.